The van der Waals surface area contributed by atoms with Crippen molar-refractivity contribution in [3.8, 4) is 5.88 Å². The Morgan fingerprint density at radius 1 is 1.29 bits per heavy atom. The number of alkyl halides is 3. The molecular weight excluding hydrogens is 393 g/mol. The van der Waals surface area contributed by atoms with Crippen molar-refractivity contribution in [2.24, 2.45) is 4.99 Å². The fraction of sp³-hybridized carbons (Fsp3) is 0.471. The summed E-state index contributed by atoms with van der Waals surface area (Å²) in [6, 6.07) is 2.14. The Hall–Kier alpha value is -2.56. The topological polar surface area (TPSA) is 74.7 Å². The lowest BCUT2D eigenvalue weighted by Gasteiger charge is -2.12. The van der Waals surface area contributed by atoms with Crippen molar-refractivity contribution in [3.63, 3.8) is 0 Å². The van der Waals surface area contributed by atoms with Crippen LogP contribution >= 0.6 is 11.3 Å². The van der Waals surface area contributed by atoms with Gasteiger partial charge in [-0.2, -0.15) is 13.2 Å². The van der Waals surface area contributed by atoms with Crippen LogP contribution in [0.1, 0.15) is 18.2 Å². The number of hydrogen-bond acceptors (Lipinski definition) is 6. The first kappa shape index (κ1) is 21.7. The van der Waals surface area contributed by atoms with E-state index in [-0.39, 0.29) is 12.5 Å². The first-order valence-electron chi connectivity index (χ1n) is 8.59. The van der Waals surface area contributed by atoms with Gasteiger partial charge in [0.25, 0.3) is 0 Å². The largest absolute Gasteiger partial charge is 0.476 e. The predicted molar refractivity (Wildman–Crippen MR) is 104 cm³/mol. The molecule has 2 rings (SSSR count). The third-order valence-corrected chi connectivity index (χ3v) is 4.43. The van der Waals surface area contributed by atoms with Gasteiger partial charge in [-0.25, -0.2) is 15.0 Å². The van der Waals surface area contributed by atoms with Gasteiger partial charge in [0.2, 0.25) is 5.88 Å². The summed E-state index contributed by atoms with van der Waals surface area (Å²) in [6.07, 6.45) is -3.65. The van der Waals surface area contributed by atoms with Crippen molar-refractivity contribution >= 4 is 22.4 Å². The monoisotopic (exact) mass is 416 g/mol. The Morgan fingerprint density at radius 3 is 2.64 bits per heavy atom. The van der Waals surface area contributed by atoms with Crippen LogP contribution in [0.3, 0.4) is 0 Å². The van der Waals surface area contributed by atoms with Gasteiger partial charge < -0.3 is 20.3 Å². The molecule has 2 heterocycles. The standard InChI is InChI=1S/C17H23F3N6OS/c1-4-21-15(24-10-13-11-28-16(25-13)26(2)3)22-7-8-27-14-6-5-12(9-23-14)17(18,19)20/h5-6,9,11H,4,7-8,10H2,1-3H3,(H2,21,22,24). The highest BCUT2D eigenvalue weighted by atomic mass is 32.1. The van der Waals surface area contributed by atoms with E-state index in [0.717, 1.165) is 23.1 Å². The smallest absolute Gasteiger partial charge is 0.417 e. The Labute approximate surface area is 165 Å². The summed E-state index contributed by atoms with van der Waals surface area (Å²) in [5.74, 6) is 0.737. The van der Waals surface area contributed by atoms with Crippen LogP contribution < -0.4 is 20.3 Å². The van der Waals surface area contributed by atoms with E-state index in [1.165, 1.54) is 6.07 Å². The Morgan fingerprint density at radius 2 is 2.07 bits per heavy atom. The lowest BCUT2D eigenvalue weighted by Crippen LogP contribution is -2.39. The predicted octanol–water partition coefficient (Wildman–Crippen LogP) is 2.76. The molecule has 0 amide bonds. The number of ether oxygens (including phenoxy) is 1. The average molecular weight is 416 g/mol. The van der Waals surface area contributed by atoms with Gasteiger partial charge in [0.15, 0.2) is 11.1 Å². The van der Waals surface area contributed by atoms with E-state index in [4.69, 9.17) is 4.74 Å². The molecule has 0 fully saturated rings. The van der Waals surface area contributed by atoms with Gasteiger partial charge in [-0.3, -0.25) is 0 Å². The number of thiazole rings is 1. The average Bonchev–Trinajstić information content (AvgIpc) is 3.12. The number of nitrogens with zero attached hydrogens (tertiary/aromatic N) is 4. The third-order valence-electron chi connectivity index (χ3n) is 3.37. The van der Waals surface area contributed by atoms with E-state index in [1.807, 2.05) is 31.3 Å². The molecule has 0 radical (unpaired) electrons. The van der Waals surface area contributed by atoms with E-state index < -0.39 is 11.7 Å². The summed E-state index contributed by atoms with van der Waals surface area (Å²) in [7, 11) is 3.87. The minimum atomic E-state index is -4.41. The summed E-state index contributed by atoms with van der Waals surface area (Å²) in [5.41, 5.74) is 0.0649. The minimum Gasteiger partial charge on any atom is -0.476 e. The Bertz CT molecular complexity index is 761. The van der Waals surface area contributed by atoms with Gasteiger partial charge in [-0.05, 0) is 13.0 Å². The number of anilines is 1. The number of rotatable bonds is 8. The van der Waals surface area contributed by atoms with Crippen LogP contribution in [0.2, 0.25) is 0 Å². The van der Waals surface area contributed by atoms with Crippen LogP contribution in [0.15, 0.2) is 28.7 Å². The maximum Gasteiger partial charge on any atom is 0.417 e. The zero-order valence-corrected chi connectivity index (χ0v) is 16.7. The normalized spacial score (nSPS) is 12.0. The molecule has 2 aromatic heterocycles. The zero-order chi connectivity index (χ0) is 20.6. The molecule has 0 aliphatic heterocycles. The molecule has 154 valence electrons. The fourth-order valence-corrected chi connectivity index (χ4v) is 2.78. The molecule has 2 N–H and O–H groups in total. The Balaban J connectivity index is 1.80. The SMILES string of the molecule is CCNC(=NCc1csc(N(C)C)n1)NCCOc1ccc(C(F)(F)F)cn1. The van der Waals surface area contributed by atoms with E-state index >= 15 is 0 Å². The molecule has 11 heteroatoms. The maximum atomic E-state index is 12.5. The second kappa shape index (κ2) is 10.1. The van der Waals surface area contributed by atoms with Crippen LogP contribution in [-0.4, -0.2) is 49.7 Å². The van der Waals surface area contributed by atoms with E-state index in [0.29, 0.717) is 25.6 Å². The molecule has 0 saturated carbocycles. The van der Waals surface area contributed by atoms with Crippen LogP contribution in [0.4, 0.5) is 18.3 Å². The molecule has 0 unspecified atom stereocenters. The summed E-state index contributed by atoms with van der Waals surface area (Å²) in [4.78, 5) is 14.5. The molecule has 0 bridgehead atoms. The van der Waals surface area contributed by atoms with Crippen molar-refractivity contribution in [3.05, 3.63) is 35.0 Å². The van der Waals surface area contributed by atoms with Crippen LogP contribution in [-0.2, 0) is 12.7 Å². The second-order valence-electron chi connectivity index (χ2n) is 5.87. The molecule has 0 atom stereocenters. The third kappa shape index (κ3) is 6.87. The number of aromatic nitrogens is 2. The van der Waals surface area contributed by atoms with Gasteiger partial charge >= 0.3 is 6.18 Å². The quantitative estimate of drug-likeness (QED) is 0.392. The summed E-state index contributed by atoms with van der Waals surface area (Å²) in [5, 5.41) is 9.09. The molecule has 0 spiro atoms. The van der Waals surface area contributed by atoms with E-state index in [2.05, 4.69) is 25.6 Å². The summed E-state index contributed by atoms with van der Waals surface area (Å²) < 4.78 is 42.9. The lowest BCUT2D eigenvalue weighted by atomic mass is 10.3. The van der Waals surface area contributed by atoms with E-state index in [9.17, 15) is 13.2 Å². The molecule has 28 heavy (non-hydrogen) atoms. The lowest BCUT2D eigenvalue weighted by molar-refractivity contribution is -0.137. The van der Waals surface area contributed by atoms with Crippen molar-refractivity contribution in [1.29, 1.82) is 0 Å². The molecule has 0 saturated heterocycles. The first-order valence-corrected chi connectivity index (χ1v) is 9.47. The van der Waals surface area contributed by atoms with Gasteiger partial charge in [0, 0.05) is 38.3 Å². The number of halogens is 3. The van der Waals surface area contributed by atoms with Crippen molar-refractivity contribution in [2.45, 2.75) is 19.6 Å². The van der Waals surface area contributed by atoms with Crippen LogP contribution in [0.5, 0.6) is 5.88 Å². The summed E-state index contributed by atoms with van der Waals surface area (Å²) in [6.45, 7) is 3.71. The highest BCUT2D eigenvalue weighted by Gasteiger charge is 2.30. The highest BCUT2D eigenvalue weighted by molar-refractivity contribution is 7.13. The van der Waals surface area contributed by atoms with Gasteiger partial charge in [0.1, 0.15) is 6.61 Å². The molecule has 0 aliphatic carbocycles. The van der Waals surface area contributed by atoms with Gasteiger partial charge in [-0.15, -0.1) is 11.3 Å². The van der Waals surface area contributed by atoms with Gasteiger partial charge in [0.05, 0.1) is 24.3 Å². The molecule has 0 aromatic carbocycles. The van der Waals surface area contributed by atoms with Gasteiger partial charge in [-0.1, -0.05) is 0 Å². The van der Waals surface area contributed by atoms with Crippen molar-refractivity contribution in [1.82, 2.24) is 20.6 Å². The highest BCUT2D eigenvalue weighted by Crippen LogP contribution is 2.29. The van der Waals surface area contributed by atoms with Crippen molar-refractivity contribution < 1.29 is 17.9 Å². The van der Waals surface area contributed by atoms with Crippen LogP contribution in [0.25, 0.3) is 0 Å². The number of pyridine rings is 1. The first-order chi connectivity index (χ1) is 13.3. The van der Waals surface area contributed by atoms with Crippen molar-refractivity contribution in [2.75, 3.05) is 38.7 Å². The summed E-state index contributed by atoms with van der Waals surface area (Å²) >= 11 is 1.55. The number of aliphatic imine (C=N–C) groups is 1. The Kier molecular flexibility index (Phi) is 7.85. The molecular formula is C17H23F3N6OS. The maximum absolute atomic E-state index is 12.5. The number of guanidine groups is 1. The number of hydrogen-bond donors (Lipinski definition) is 2. The number of nitrogens with one attached hydrogen (secondary N) is 2. The van der Waals surface area contributed by atoms with E-state index in [1.54, 1.807) is 11.3 Å². The minimum absolute atomic E-state index is 0.135. The second-order valence-corrected chi connectivity index (χ2v) is 6.71. The van der Waals surface area contributed by atoms with Crippen LogP contribution in [0, 0.1) is 0 Å². The molecule has 0 aliphatic rings. The fourth-order valence-electron chi connectivity index (χ4n) is 2.03. The molecule has 2 aromatic rings. The zero-order valence-electron chi connectivity index (χ0n) is 15.9. The molecule has 7 nitrogen and oxygen atoms in total.